The van der Waals surface area contributed by atoms with E-state index in [0.717, 1.165) is 0 Å². The number of fused-ring (bicyclic) bond motifs is 7. The monoisotopic (exact) mass is 978 g/mol. The average Bonchev–Trinajstić information content (AvgIpc) is 3.54. The van der Waals surface area contributed by atoms with Crippen LogP contribution in [0.2, 0.25) is 0 Å². The summed E-state index contributed by atoms with van der Waals surface area (Å²) in [4.78, 5) is 101. The lowest BCUT2D eigenvalue weighted by Gasteiger charge is -2.40. The molecule has 0 amide bonds. The molecule has 0 radical (unpaired) electrons. The smallest absolute Gasteiger partial charge is 0.347 e. The molecule has 27 nitrogen and oxygen atoms in total. The van der Waals surface area contributed by atoms with E-state index in [0.29, 0.717) is 18.2 Å². The number of esters is 6. The molecule has 0 saturated carbocycles. The fourth-order valence-electron chi connectivity index (χ4n) is 9.13. The van der Waals surface area contributed by atoms with E-state index in [1.54, 1.807) is 0 Å². The number of hydrogen-bond donors (Lipinski definition) is 14. The van der Waals surface area contributed by atoms with Crippen LogP contribution in [0.1, 0.15) is 59.8 Å². The standard InChI is InChI=1S/C43H30O27/c1-2-65-42(63)43(64)22-19-18-17(29(53)32(56)30(19)54)16-9(5-12(46)25(49)28(16)52)38(59)67-13-6-66-37(58)7-3-10(44)23(47)26(50)14(7)15-8(4-11(45)24(48)27(15)51)39(60)68-33(13)35(70-40(18)61)34-31(55)21(36(43)57)20(22)41(62)69-34/h3-5,13,22,31,33-35,44-56,64H,2,6H2,1H3. The molecule has 4 aromatic carbocycles. The van der Waals surface area contributed by atoms with Crippen LogP contribution in [0.15, 0.2) is 29.3 Å². The topological polar surface area (TPSA) is 458 Å². The number of cyclic esters (lactones) is 1. The highest BCUT2D eigenvalue weighted by molar-refractivity contribution is 6.25. The normalized spacial score (nSPS) is 24.6. The van der Waals surface area contributed by atoms with Gasteiger partial charge in [-0.2, -0.15) is 0 Å². The lowest BCUT2D eigenvalue weighted by molar-refractivity contribution is -0.179. The second kappa shape index (κ2) is 15.3. The first-order valence-electron chi connectivity index (χ1n) is 19.9. The van der Waals surface area contributed by atoms with E-state index < -0.39 is 227 Å². The molecule has 14 N–H and O–H groups in total. The molecule has 10 rings (SSSR count). The first kappa shape index (κ1) is 45.8. The van der Waals surface area contributed by atoms with Gasteiger partial charge in [-0.15, -0.1) is 0 Å². The Balaban J connectivity index is 1.42. The molecule has 6 aliphatic rings. The minimum atomic E-state index is -3.87. The van der Waals surface area contributed by atoms with E-state index >= 15 is 4.79 Å². The first-order chi connectivity index (χ1) is 32.9. The summed E-state index contributed by atoms with van der Waals surface area (Å²) in [5.41, 5.74) is -18.1. The highest BCUT2D eigenvalue weighted by Crippen LogP contribution is 2.61. The van der Waals surface area contributed by atoms with Crippen molar-refractivity contribution in [1.82, 2.24) is 0 Å². The highest BCUT2D eigenvalue weighted by Gasteiger charge is 2.69. The van der Waals surface area contributed by atoms with Crippen LogP contribution in [0.4, 0.5) is 0 Å². The fourth-order valence-corrected chi connectivity index (χ4v) is 9.13. The summed E-state index contributed by atoms with van der Waals surface area (Å²) in [6, 6.07) is 1.03. The summed E-state index contributed by atoms with van der Waals surface area (Å²) >= 11 is 0. The Morgan fingerprint density at radius 2 is 1.00 bits per heavy atom. The van der Waals surface area contributed by atoms with Crippen molar-refractivity contribution in [2.24, 2.45) is 0 Å². The van der Waals surface area contributed by atoms with Gasteiger partial charge in [-0.05, 0) is 25.1 Å². The maximum Gasteiger partial charge on any atom is 0.347 e. The fraction of sp³-hybridized carbons (Fsp3) is 0.233. The SMILES string of the molecule is CCOC(=O)C1(O)C(=O)C2=C3C(=O)OC(C2O)C2OC(=O)c4c(c(O)c(O)c(O)c4C31)-c1c(cc(O)c(O)c1O)C(=O)OC1COC(=O)c3cc(O)c(O)c(O)c3-c3c(cc(O)c(O)c3O)C(=O)OC12. The van der Waals surface area contributed by atoms with Crippen molar-refractivity contribution < 1.29 is 133 Å². The van der Waals surface area contributed by atoms with Gasteiger partial charge in [0.15, 0.2) is 70.4 Å². The highest BCUT2D eigenvalue weighted by atomic mass is 16.6. The minimum Gasteiger partial charge on any atom is -0.504 e. The van der Waals surface area contributed by atoms with Crippen LogP contribution >= 0.6 is 0 Å². The number of phenolic OH excluding ortho intramolecular Hbond substituents is 12. The first-order valence-corrected chi connectivity index (χ1v) is 19.9. The molecule has 70 heavy (non-hydrogen) atoms. The number of aromatic hydroxyl groups is 12. The summed E-state index contributed by atoms with van der Waals surface area (Å²) in [6.07, 6.45) is -13.8. The number of carbonyl (C=O) groups is 7. The Hall–Kier alpha value is -9.37. The third-order valence-electron chi connectivity index (χ3n) is 12.3. The third-order valence-corrected chi connectivity index (χ3v) is 12.3. The number of phenols is 12. The summed E-state index contributed by atoms with van der Waals surface area (Å²) in [6.45, 7) is -0.991. The molecule has 27 heteroatoms. The Kier molecular flexibility index (Phi) is 10.0. The van der Waals surface area contributed by atoms with Crippen LogP contribution < -0.4 is 0 Å². The van der Waals surface area contributed by atoms with Crippen molar-refractivity contribution in [2.45, 2.75) is 49.0 Å². The molecule has 0 saturated heterocycles. The molecule has 6 bridgehead atoms. The molecular weight excluding hydrogens is 948 g/mol. The Morgan fingerprint density at radius 1 is 0.543 bits per heavy atom. The van der Waals surface area contributed by atoms with Crippen molar-refractivity contribution in [3.63, 3.8) is 0 Å². The second-order valence-corrected chi connectivity index (χ2v) is 15.9. The molecule has 4 aromatic rings. The van der Waals surface area contributed by atoms with Gasteiger partial charge in [-0.1, -0.05) is 0 Å². The van der Waals surface area contributed by atoms with E-state index in [1.807, 2.05) is 0 Å². The second-order valence-electron chi connectivity index (χ2n) is 15.9. The lowest BCUT2D eigenvalue weighted by Crippen LogP contribution is -2.58. The molecular formula is C43H30O27. The third kappa shape index (κ3) is 5.97. The molecule has 5 aliphatic heterocycles. The van der Waals surface area contributed by atoms with Crippen molar-refractivity contribution in [3.8, 4) is 91.2 Å². The molecule has 7 unspecified atom stereocenters. The van der Waals surface area contributed by atoms with Gasteiger partial charge < -0.3 is 99.9 Å². The summed E-state index contributed by atoms with van der Waals surface area (Å²) in [7, 11) is 0. The molecule has 0 fully saturated rings. The van der Waals surface area contributed by atoms with Gasteiger partial charge in [0.25, 0.3) is 0 Å². The van der Waals surface area contributed by atoms with Crippen LogP contribution in [0.25, 0.3) is 22.3 Å². The van der Waals surface area contributed by atoms with Crippen LogP contribution in [0.5, 0.6) is 69.0 Å². The Labute approximate surface area is 385 Å². The van der Waals surface area contributed by atoms with Crippen LogP contribution in [-0.4, -0.2) is 162 Å². The van der Waals surface area contributed by atoms with E-state index in [9.17, 15) is 100 Å². The zero-order valence-electron chi connectivity index (χ0n) is 34.7. The largest absolute Gasteiger partial charge is 0.504 e. The number of benzene rings is 4. The number of ketones is 1. The van der Waals surface area contributed by atoms with E-state index in [2.05, 4.69) is 0 Å². The van der Waals surface area contributed by atoms with Crippen molar-refractivity contribution in [2.75, 3.05) is 13.2 Å². The number of aliphatic hydroxyl groups is 2. The molecule has 7 atom stereocenters. The van der Waals surface area contributed by atoms with Gasteiger partial charge in [0.2, 0.25) is 34.4 Å². The van der Waals surface area contributed by atoms with Gasteiger partial charge in [0, 0.05) is 33.4 Å². The van der Waals surface area contributed by atoms with Gasteiger partial charge in [0.05, 0.1) is 40.4 Å². The molecule has 5 heterocycles. The predicted molar refractivity (Wildman–Crippen MR) is 214 cm³/mol. The van der Waals surface area contributed by atoms with Crippen molar-refractivity contribution in [3.05, 3.63) is 57.2 Å². The van der Waals surface area contributed by atoms with Gasteiger partial charge in [-0.3, -0.25) is 4.79 Å². The van der Waals surface area contributed by atoms with Gasteiger partial charge in [-0.25, -0.2) is 28.8 Å². The Bertz CT molecular complexity index is 3200. The number of Topliss-reactive ketones (excluding diaryl/α,β-unsaturated/α-hetero) is 1. The molecule has 0 aromatic heterocycles. The van der Waals surface area contributed by atoms with E-state index in [4.69, 9.17) is 28.4 Å². The van der Waals surface area contributed by atoms with Crippen LogP contribution in [0, 0.1) is 0 Å². The quantitative estimate of drug-likeness (QED) is 0.0521. The average molecular weight is 979 g/mol. The maximum absolute atomic E-state index is 15.2. The zero-order chi connectivity index (χ0) is 51.1. The van der Waals surface area contributed by atoms with Crippen molar-refractivity contribution in [1.29, 1.82) is 0 Å². The Morgan fingerprint density at radius 3 is 1.53 bits per heavy atom. The molecule has 0 spiro atoms. The minimum absolute atomic E-state index is 0.299. The van der Waals surface area contributed by atoms with Crippen LogP contribution in [0.3, 0.4) is 0 Å². The summed E-state index contributed by atoms with van der Waals surface area (Å²) < 4.78 is 32.9. The number of carbonyl (C=O) groups excluding carboxylic acids is 7. The summed E-state index contributed by atoms with van der Waals surface area (Å²) in [5.74, 6) is -34.7. The molecule has 1 aliphatic carbocycles. The van der Waals surface area contributed by atoms with E-state index in [1.165, 1.54) is 6.92 Å². The molecule has 364 valence electrons. The van der Waals surface area contributed by atoms with Crippen LogP contribution in [-0.2, 0) is 42.8 Å². The number of aliphatic hydroxyl groups excluding tert-OH is 1. The van der Waals surface area contributed by atoms with Gasteiger partial charge >= 0.3 is 35.8 Å². The number of hydrogen-bond acceptors (Lipinski definition) is 27. The predicted octanol–water partition coefficient (Wildman–Crippen LogP) is -0.495. The maximum atomic E-state index is 15.2. The lowest BCUT2D eigenvalue weighted by atomic mass is 9.75. The van der Waals surface area contributed by atoms with E-state index in [-0.39, 0.29) is 0 Å². The number of ether oxygens (including phenoxy) is 6. The zero-order valence-corrected chi connectivity index (χ0v) is 34.7. The van der Waals surface area contributed by atoms with Gasteiger partial charge in [0.1, 0.15) is 12.7 Å². The summed E-state index contributed by atoms with van der Waals surface area (Å²) in [5, 5.41) is 157. The number of rotatable bonds is 2. The van der Waals surface area contributed by atoms with Crippen molar-refractivity contribution >= 4 is 41.6 Å².